The highest BCUT2D eigenvalue weighted by atomic mass is 16.5. The van der Waals surface area contributed by atoms with E-state index < -0.39 is 12.1 Å². The smallest absolute Gasteiger partial charge is 0.405 e. The summed E-state index contributed by atoms with van der Waals surface area (Å²) in [6, 6.07) is 29.1. The molecule has 1 saturated carbocycles. The summed E-state index contributed by atoms with van der Waals surface area (Å²) in [7, 11) is 0. The summed E-state index contributed by atoms with van der Waals surface area (Å²) in [6.07, 6.45) is 1.19. The van der Waals surface area contributed by atoms with Crippen LogP contribution in [0.5, 0.6) is 5.75 Å². The largest absolute Gasteiger partial charge is 0.491 e. The number of carbonyl (C=O) groups is 2. The molecule has 4 aromatic rings. The lowest BCUT2D eigenvalue weighted by molar-refractivity contribution is 0.0930. The lowest BCUT2D eigenvalue weighted by atomic mass is 9.96. The van der Waals surface area contributed by atoms with E-state index in [0.717, 1.165) is 40.3 Å². The number of amides is 2. The number of rotatable bonds is 9. The molecule has 3 N–H and O–H groups in total. The normalized spacial score (nSPS) is 14.5. The van der Waals surface area contributed by atoms with Crippen LogP contribution in [-0.4, -0.2) is 29.8 Å². The zero-order valence-electron chi connectivity index (χ0n) is 20.7. The SMILES string of the molecule is Cc1ccc(OCC(Cc2ccccc2)NC(=O)O)cc1C(=O)NC1(c2cccc3ccccc23)CC1. The van der Waals surface area contributed by atoms with Gasteiger partial charge in [0.1, 0.15) is 12.4 Å². The van der Waals surface area contributed by atoms with Crippen LogP contribution in [0.4, 0.5) is 4.79 Å². The highest BCUT2D eigenvalue weighted by Crippen LogP contribution is 2.48. The van der Waals surface area contributed by atoms with Gasteiger partial charge in [0.05, 0.1) is 11.6 Å². The Labute approximate surface area is 216 Å². The first-order valence-electron chi connectivity index (χ1n) is 12.5. The van der Waals surface area contributed by atoms with Gasteiger partial charge in [-0.15, -0.1) is 0 Å². The van der Waals surface area contributed by atoms with Crippen molar-refractivity contribution in [2.75, 3.05) is 6.61 Å². The van der Waals surface area contributed by atoms with Gasteiger partial charge in [-0.05, 0) is 65.8 Å². The van der Waals surface area contributed by atoms with Crippen LogP contribution in [-0.2, 0) is 12.0 Å². The molecule has 0 heterocycles. The Balaban J connectivity index is 1.31. The number of carbonyl (C=O) groups excluding carboxylic acids is 1. The molecule has 0 aromatic heterocycles. The molecular formula is C31H30N2O4. The molecule has 1 fully saturated rings. The Kier molecular flexibility index (Phi) is 6.82. The molecule has 1 aliphatic carbocycles. The monoisotopic (exact) mass is 494 g/mol. The summed E-state index contributed by atoms with van der Waals surface area (Å²) in [5.74, 6) is 0.383. The van der Waals surface area contributed by atoms with Crippen LogP contribution in [0.1, 0.15) is 39.9 Å². The van der Waals surface area contributed by atoms with E-state index in [-0.39, 0.29) is 18.1 Å². The van der Waals surface area contributed by atoms with E-state index in [9.17, 15) is 14.7 Å². The lowest BCUT2D eigenvalue weighted by Crippen LogP contribution is -2.40. The predicted molar refractivity (Wildman–Crippen MR) is 144 cm³/mol. The van der Waals surface area contributed by atoms with Crippen molar-refractivity contribution in [2.45, 2.75) is 37.8 Å². The molecule has 4 aromatic carbocycles. The van der Waals surface area contributed by atoms with Crippen molar-refractivity contribution in [2.24, 2.45) is 0 Å². The summed E-state index contributed by atoms with van der Waals surface area (Å²) in [5, 5.41) is 17.4. The van der Waals surface area contributed by atoms with Crippen molar-refractivity contribution in [3.05, 3.63) is 113 Å². The second kappa shape index (κ2) is 10.3. The third-order valence-electron chi connectivity index (χ3n) is 6.97. The maximum absolute atomic E-state index is 13.5. The van der Waals surface area contributed by atoms with E-state index in [0.29, 0.717) is 17.7 Å². The number of nitrogens with one attached hydrogen (secondary N) is 2. The van der Waals surface area contributed by atoms with Crippen molar-refractivity contribution in [3.8, 4) is 5.75 Å². The zero-order chi connectivity index (χ0) is 25.8. The minimum Gasteiger partial charge on any atom is -0.491 e. The molecule has 0 radical (unpaired) electrons. The van der Waals surface area contributed by atoms with Gasteiger partial charge in [-0.25, -0.2) is 4.79 Å². The lowest BCUT2D eigenvalue weighted by Gasteiger charge is -2.21. The maximum atomic E-state index is 13.5. The van der Waals surface area contributed by atoms with Gasteiger partial charge in [-0.1, -0.05) is 78.9 Å². The summed E-state index contributed by atoms with van der Waals surface area (Å²) in [4.78, 5) is 24.8. The van der Waals surface area contributed by atoms with Crippen LogP contribution < -0.4 is 15.4 Å². The molecule has 1 aliphatic rings. The van der Waals surface area contributed by atoms with Crippen LogP contribution in [0.3, 0.4) is 0 Å². The fourth-order valence-electron chi connectivity index (χ4n) is 4.87. The van der Waals surface area contributed by atoms with Crippen LogP contribution in [0.2, 0.25) is 0 Å². The Hall–Kier alpha value is -4.32. The summed E-state index contributed by atoms with van der Waals surface area (Å²) in [6.45, 7) is 2.05. The first-order chi connectivity index (χ1) is 17.9. The quantitative estimate of drug-likeness (QED) is 0.273. The molecule has 6 heteroatoms. The van der Waals surface area contributed by atoms with Crippen LogP contribution in [0.15, 0.2) is 91.0 Å². The Morgan fingerprint density at radius 1 is 0.946 bits per heavy atom. The average Bonchev–Trinajstić information content (AvgIpc) is 3.68. The molecule has 2 amide bonds. The standard InChI is InChI=1S/C31H30N2O4/c1-21-14-15-25(37-20-24(32-30(35)36)18-22-8-3-2-4-9-22)19-27(21)29(34)33-31(16-17-31)28-13-7-11-23-10-5-6-12-26(23)28/h2-15,19,24,32H,16-18,20H2,1H3,(H,33,34)(H,35,36). The van der Waals surface area contributed by atoms with E-state index in [1.165, 1.54) is 0 Å². The van der Waals surface area contributed by atoms with Gasteiger partial charge in [0.2, 0.25) is 0 Å². The Morgan fingerprint density at radius 3 is 2.43 bits per heavy atom. The fraction of sp³-hybridized carbons (Fsp3) is 0.226. The highest BCUT2D eigenvalue weighted by molar-refractivity contribution is 5.97. The maximum Gasteiger partial charge on any atom is 0.405 e. The van der Waals surface area contributed by atoms with E-state index in [4.69, 9.17) is 4.74 Å². The third kappa shape index (κ3) is 5.59. The van der Waals surface area contributed by atoms with E-state index in [2.05, 4.69) is 34.9 Å². The number of aryl methyl sites for hydroxylation is 1. The van der Waals surface area contributed by atoms with Gasteiger partial charge in [0.15, 0.2) is 0 Å². The molecule has 1 unspecified atom stereocenters. The van der Waals surface area contributed by atoms with Gasteiger partial charge < -0.3 is 20.5 Å². The van der Waals surface area contributed by atoms with Crippen molar-refractivity contribution >= 4 is 22.8 Å². The fourth-order valence-corrected chi connectivity index (χ4v) is 4.87. The van der Waals surface area contributed by atoms with Crippen LogP contribution in [0.25, 0.3) is 10.8 Å². The zero-order valence-corrected chi connectivity index (χ0v) is 20.7. The summed E-state index contributed by atoms with van der Waals surface area (Å²) in [5.41, 5.74) is 3.19. The molecular weight excluding hydrogens is 464 g/mol. The number of hydrogen-bond donors (Lipinski definition) is 3. The van der Waals surface area contributed by atoms with Gasteiger partial charge in [-0.2, -0.15) is 0 Å². The minimum absolute atomic E-state index is 0.141. The second-order valence-electron chi connectivity index (χ2n) is 9.69. The molecule has 0 aliphatic heterocycles. The molecule has 5 rings (SSSR count). The molecule has 0 saturated heterocycles. The van der Waals surface area contributed by atoms with Crippen molar-refractivity contribution in [3.63, 3.8) is 0 Å². The van der Waals surface area contributed by atoms with Crippen molar-refractivity contribution in [1.29, 1.82) is 0 Å². The van der Waals surface area contributed by atoms with Crippen LogP contribution >= 0.6 is 0 Å². The Morgan fingerprint density at radius 2 is 1.68 bits per heavy atom. The number of hydrogen-bond acceptors (Lipinski definition) is 3. The molecule has 1 atom stereocenters. The molecule has 37 heavy (non-hydrogen) atoms. The van der Waals surface area contributed by atoms with E-state index >= 15 is 0 Å². The molecule has 6 nitrogen and oxygen atoms in total. The summed E-state index contributed by atoms with van der Waals surface area (Å²) >= 11 is 0. The third-order valence-corrected chi connectivity index (χ3v) is 6.97. The number of benzene rings is 4. The predicted octanol–water partition coefficient (Wildman–Crippen LogP) is 5.83. The summed E-state index contributed by atoms with van der Waals surface area (Å²) < 4.78 is 5.97. The van der Waals surface area contributed by atoms with Gasteiger partial charge in [-0.3, -0.25) is 4.79 Å². The van der Waals surface area contributed by atoms with Gasteiger partial charge in [0.25, 0.3) is 5.91 Å². The van der Waals surface area contributed by atoms with Gasteiger partial charge in [0, 0.05) is 5.56 Å². The number of fused-ring (bicyclic) bond motifs is 1. The molecule has 0 spiro atoms. The van der Waals surface area contributed by atoms with E-state index in [1.54, 1.807) is 6.07 Å². The molecule has 188 valence electrons. The highest BCUT2D eigenvalue weighted by Gasteiger charge is 2.46. The van der Waals surface area contributed by atoms with Crippen LogP contribution in [0, 0.1) is 6.92 Å². The number of ether oxygens (including phenoxy) is 1. The average molecular weight is 495 g/mol. The molecule has 0 bridgehead atoms. The van der Waals surface area contributed by atoms with E-state index in [1.807, 2.05) is 67.6 Å². The minimum atomic E-state index is -1.10. The van der Waals surface area contributed by atoms with Crippen molar-refractivity contribution in [1.82, 2.24) is 10.6 Å². The second-order valence-corrected chi connectivity index (χ2v) is 9.69. The number of carboxylic acid groups (broad SMARTS) is 1. The first-order valence-corrected chi connectivity index (χ1v) is 12.5. The first kappa shape index (κ1) is 24.4. The van der Waals surface area contributed by atoms with Gasteiger partial charge >= 0.3 is 6.09 Å². The topological polar surface area (TPSA) is 87.7 Å². The van der Waals surface area contributed by atoms with Crippen molar-refractivity contribution < 1.29 is 19.4 Å². The Bertz CT molecular complexity index is 1420.